The molecule has 0 radical (unpaired) electrons. The van der Waals surface area contributed by atoms with Crippen LogP contribution in [0.2, 0.25) is 0 Å². The second-order valence-corrected chi connectivity index (χ2v) is 5.61. The highest BCUT2D eigenvalue weighted by Crippen LogP contribution is 2.30. The number of carboxylic acids is 1. The maximum absolute atomic E-state index is 11.2. The molecule has 0 aromatic carbocycles. The van der Waals surface area contributed by atoms with E-state index in [1.807, 2.05) is 22.9 Å². The molecule has 0 aliphatic carbocycles. The van der Waals surface area contributed by atoms with Gasteiger partial charge in [0.15, 0.2) is 0 Å². The molecule has 21 heavy (non-hydrogen) atoms. The average Bonchev–Trinajstić information content (AvgIpc) is 3.18. The maximum atomic E-state index is 11.2. The van der Waals surface area contributed by atoms with Gasteiger partial charge in [-0.25, -0.2) is 4.79 Å². The number of hydrogen-bond acceptors (Lipinski definition) is 3. The molecular formula is C16H20N2O3. The summed E-state index contributed by atoms with van der Waals surface area (Å²) in [5.74, 6) is -0.853. The Morgan fingerprint density at radius 2 is 2.14 bits per heavy atom. The van der Waals surface area contributed by atoms with Crippen LogP contribution in [0.15, 0.2) is 41.3 Å². The molecule has 0 saturated carbocycles. The molecule has 5 heteroatoms. The third-order valence-electron chi connectivity index (χ3n) is 4.46. The first kappa shape index (κ1) is 13.9. The van der Waals surface area contributed by atoms with Gasteiger partial charge in [0.05, 0.1) is 12.5 Å². The van der Waals surface area contributed by atoms with Crippen LogP contribution in [0.1, 0.15) is 47.9 Å². The number of hydrogen-bond donors (Lipinski definition) is 1. The Hall–Kier alpha value is -2.01. The summed E-state index contributed by atoms with van der Waals surface area (Å²) in [5, 5.41) is 9.21. The minimum atomic E-state index is -0.853. The number of carboxylic acid groups (broad SMARTS) is 1. The molecule has 1 atom stereocenters. The van der Waals surface area contributed by atoms with Crippen molar-refractivity contribution in [3.8, 4) is 0 Å². The summed E-state index contributed by atoms with van der Waals surface area (Å²) in [6, 6.07) is 6.10. The van der Waals surface area contributed by atoms with Crippen LogP contribution in [0, 0.1) is 0 Å². The molecule has 3 rings (SSSR count). The maximum Gasteiger partial charge on any atom is 0.352 e. The zero-order valence-corrected chi connectivity index (χ0v) is 12.1. The van der Waals surface area contributed by atoms with Crippen LogP contribution in [0.25, 0.3) is 0 Å². The van der Waals surface area contributed by atoms with Crippen LogP contribution in [0.4, 0.5) is 0 Å². The summed E-state index contributed by atoms with van der Waals surface area (Å²) in [6.07, 6.45) is 7.32. The van der Waals surface area contributed by atoms with E-state index in [9.17, 15) is 9.90 Å². The Kier molecular flexibility index (Phi) is 3.84. The number of aromatic nitrogens is 1. The SMILES string of the molecule is CC(c1ccoc1)N1CCC(n2cccc2C(=O)O)CC1. The lowest BCUT2D eigenvalue weighted by atomic mass is 10.0. The van der Waals surface area contributed by atoms with Gasteiger partial charge in [-0.15, -0.1) is 0 Å². The third kappa shape index (κ3) is 2.74. The van der Waals surface area contributed by atoms with E-state index in [1.54, 1.807) is 18.6 Å². The van der Waals surface area contributed by atoms with Gasteiger partial charge >= 0.3 is 5.97 Å². The van der Waals surface area contributed by atoms with Gasteiger partial charge in [-0.3, -0.25) is 4.90 Å². The van der Waals surface area contributed by atoms with E-state index in [2.05, 4.69) is 11.8 Å². The number of rotatable bonds is 4. The first-order chi connectivity index (χ1) is 10.2. The van der Waals surface area contributed by atoms with Crippen molar-refractivity contribution in [2.24, 2.45) is 0 Å². The van der Waals surface area contributed by atoms with Gasteiger partial charge in [-0.1, -0.05) is 0 Å². The van der Waals surface area contributed by atoms with Crippen molar-refractivity contribution in [2.45, 2.75) is 31.8 Å². The molecule has 1 aliphatic heterocycles. The van der Waals surface area contributed by atoms with Gasteiger partial charge < -0.3 is 14.1 Å². The van der Waals surface area contributed by atoms with Crippen molar-refractivity contribution in [3.63, 3.8) is 0 Å². The first-order valence-corrected chi connectivity index (χ1v) is 7.33. The fraction of sp³-hybridized carbons (Fsp3) is 0.438. The predicted octanol–water partition coefficient (Wildman–Crippen LogP) is 3.18. The lowest BCUT2D eigenvalue weighted by Gasteiger charge is -2.36. The summed E-state index contributed by atoms with van der Waals surface area (Å²) in [5.41, 5.74) is 1.58. The Balaban J connectivity index is 1.65. The van der Waals surface area contributed by atoms with Crippen LogP contribution in [0.3, 0.4) is 0 Å². The van der Waals surface area contributed by atoms with Crippen molar-refractivity contribution in [1.29, 1.82) is 0 Å². The highest BCUT2D eigenvalue weighted by atomic mass is 16.4. The van der Waals surface area contributed by atoms with Crippen molar-refractivity contribution < 1.29 is 14.3 Å². The lowest BCUT2D eigenvalue weighted by molar-refractivity contribution is 0.0676. The van der Waals surface area contributed by atoms with Gasteiger partial charge in [0.2, 0.25) is 0 Å². The van der Waals surface area contributed by atoms with E-state index in [0.29, 0.717) is 11.7 Å². The molecule has 0 amide bonds. The molecule has 112 valence electrons. The topological polar surface area (TPSA) is 58.6 Å². The predicted molar refractivity (Wildman–Crippen MR) is 78.4 cm³/mol. The van der Waals surface area contributed by atoms with Crippen LogP contribution in [-0.2, 0) is 0 Å². The zero-order valence-electron chi connectivity index (χ0n) is 12.1. The molecule has 3 heterocycles. The van der Waals surface area contributed by atoms with E-state index in [-0.39, 0.29) is 6.04 Å². The van der Waals surface area contributed by atoms with E-state index >= 15 is 0 Å². The van der Waals surface area contributed by atoms with Gasteiger partial charge in [0.25, 0.3) is 0 Å². The molecule has 1 N–H and O–H groups in total. The third-order valence-corrected chi connectivity index (χ3v) is 4.46. The van der Waals surface area contributed by atoms with Gasteiger partial charge in [0, 0.05) is 36.9 Å². The second kappa shape index (κ2) is 5.77. The number of likely N-dealkylation sites (tertiary alicyclic amines) is 1. The summed E-state index contributed by atoms with van der Waals surface area (Å²) in [4.78, 5) is 13.6. The highest BCUT2D eigenvalue weighted by molar-refractivity contribution is 5.85. The minimum Gasteiger partial charge on any atom is -0.477 e. The standard InChI is InChI=1S/C16H20N2O3/c1-12(13-6-10-21-11-13)17-8-4-14(5-9-17)18-7-2-3-15(18)16(19)20/h2-3,6-7,10-12,14H,4-5,8-9H2,1H3,(H,19,20). The Morgan fingerprint density at radius 3 is 2.76 bits per heavy atom. The van der Waals surface area contributed by atoms with Crippen molar-refractivity contribution in [2.75, 3.05) is 13.1 Å². The summed E-state index contributed by atoms with van der Waals surface area (Å²) < 4.78 is 7.06. The Labute approximate surface area is 123 Å². The monoisotopic (exact) mass is 288 g/mol. The number of nitrogens with zero attached hydrogens (tertiary/aromatic N) is 2. The fourth-order valence-electron chi connectivity index (χ4n) is 3.17. The Morgan fingerprint density at radius 1 is 1.38 bits per heavy atom. The molecule has 0 bridgehead atoms. The van der Waals surface area contributed by atoms with Gasteiger partial charge in [-0.2, -0.15) is 0 Å². The van der Waals surface area contributed by atoms with Crippen LogP contribution in [0.5, 0.6) is 0 Å². The molecule has 2 aromatic rings. The molecule has 1 fully saturated rings. The summed E-state index contributed by atoms with van der Waals surface area (Å²) in [6.45, 7) is 4.12. The second-order valence-electron chi connectivity index (χ2n) is 5.61. The molecule has 0 spiro atoms. The van der Waals surface area contributed by atoms with E-state index in [0.717, 1.165) is 25.9 Å². The number of aromatic carboxylic acids is 1. The molecule has 2 aromatic heterocycles. The van der Waals surface area contributed by atoms with Crippen LogP contribution >= 0.6 is 0 Å². The van der Waals surface area contributed by atoms with Gasteiger partial charge in [-0.05, 0) is 38.0 Å². The van der Waals surface area contributed by atoms with Crippen LogP contribution < -0.4 is 0 Å². The zero-order chi connectivity index (χ0) is 14.8. The molecule has 5 nitrogen and oxygen atoms in total. The number of furan rings is 1. The highest BCUT2D eigenvalue weighted by Gasteiger charge is 2.26. The van der Waals surface area contributed by atoms with E-state index in [4.69, 9.17) is 4.42 Å². The summed E-state index contributed by atoms with van der Waals surface area (Å²) >= 11 is 0. The molecule has 1 saturated heterocycles. The van der Waals surface area contributed by atoms with E-state index in [1.165, 1.54) is 5.56 Å². The average molecular weight is 288 g/mol. The van der Waals surface area contributed by atoms with Crippen molar-refractivity contribution in [1.82, 2.24) is 9.47 Å². The lowest BCUT2D eigenvalue weighted by Crippen LogP contribution is -2.36. The quantitative estimate of drug-likeness (QED) is 0.938. The summed E-state index contributed by atoms with van der Waals surface area (Å²) in [7, 11) is 0. The first-order valence-electron chi connectivity index (χ1n) is 7.33. The smallest absolute Gasteiger partial charge is 0.352 e. The van der Waals surface area contributed by atoms with Crippen molar-refractivity contribution in [3.05, 3.63) is 48.2 Å². The largest absolute Gasteiger partial charge is 0.477 e. The fourth-order valence-corrected chi connectivity index (χ4v) is 3.17. The normalized spacial score (nSPS) is 18.7. The Bertz CT molecular complexity index is 595. The van der Waals surface area contributed by atoms with Gasteiger partial charge in [0.1, 0.15) is 5.69 Å². The number of piperidine rings is 1. The number of carbonyl (C=O) groups is 1. The molecule has 1 aliphatic rings. The van der Waals surface area contributed by atoms with Crippen molar-refractivity contribution >= 4 is 5.97 Å². The molecular weight excluding hydrogens is 268 g/mol. The molecule has 1 unspecified atom stereocenters. The van der Waals surface area contributed by atoms with E-state index < -0.39 is 5.97 Å². The van der Waals surface area contributed by atoms with Crippen LogP contribution in [-0.4, -0.2) is 33.6 Å². The minimum absolute atomic E-state index is 0.277.